The van der Waals surface area contributed by atoms with Gasteiger partial charge in [0.2, 0.25) is 0 Å². The number of halogens is 12. The molecule has 0 unspecified atom stereocenters. The minimum absolute atomic E-state index is 0.550. The Bertz CT molecular complexity index is 2130. The van der Waals surface area contributed by atoms with E-state index in [1.807, 2.05) is 0 Å². The Morgan fingerprint density at radius 3 is 0.766 bits per heavy atom. The van der Waals surface area contributed by atoms with Crippen LogP contribution in [0, 0.1) is 133 Å². The van der Waals surface area contributed by atoms with E-state index in [1.54, 1.807) is 0 Å². The monoisotopic (exact) mass is 661 g/mol. The minimum Gasteiger partial charge on any atom is -0.203 e. The van der Waals surface area contributed by atoms with Gasteiger partial charge in [-0.15, -0.1) is 0 Å². The second kappa shape index (κ2) is 11.8. The van der Waals surface area contributed by atoms with Gasteiger partial charge in [-0.1, -0.05) is 0 Å². The zero-order chi connectivity index (χ0) is 35.4. The standard InChI is InChI=1S/C30H3F12N5/c1-7-19(31)25(37)16(26(38)20(7)32)8(2-43)13-14(9(3-44)17-27(39)21(33)11(5-46)22(34)28(17)40)15(13)10(4-45)18-29(41)23(35)12(6-47)24(36)30(18)42/h1H3/b13-8?,14-9-,15-10+. The van der Waals surface area contributed by atoms with Gasteiger partial charge in [0.1, 0.15) is 41.5 Å². The molecule has 0 aliphatic heterocycles. The van der Waals surface area contributed by atoms with Gasteiger partial charge in [-0.25, -0.2) is 52.7 Å². The normalized spacial score (nSPS) is 15.1. The lowest BCUT2D eigenvalue weighted by molar-refractivity contribution is 0.442. The molecule has 4 rings (SSSR count). The molecule has 232 valence electrons. The predicted octanol–water partition coefficient (Wildman–Crippen LogP) is 7.65. The first-order valence-electron chi connectivity index (χ1n) is 11.9. The molecule has 0 bridgehead atoms. The lowest BCUT2D eigenvalue weighted by Gasteiger charge is -2.09. The van der Waals surface area contributed by atoms with Gasteiger partial charge in [0.25, 0.3) is 0 Å². The molecular formula is C30H3F12N5. The van der Waals surface area contributed by atoms with Crippen molar-refractivity contribution in [2.75, 3.05) is 0 Å². The number of benzene rings is 3. The van der Waals surface area contributed by atoms with Crippen molar-refractivity contribution in [1.29, 1.82) is 26.3 Å². The zero-order valence-corrected chi connectivity index (χ0v) is 22.3. The molecule has 1 fully saturated rings. The summed E-state index contributed by atoms with van der Waals surface area (Å²) in [4.78, 5) is 0. The Labute approximate surface area is 253 Å². The largest absolute Gasteiger partial charge is 0.203 e. The number of rotatable bonds is 3. The third kappa shape index (κ3) is 4.63. The average Bonchev–Trinajstić information content (AvgIpc) is 3.77. The molecule has 0 atom stereocenters. The number of hydrogen-bond acceptors (Lipinski definition) is 5. The van der Waals surface area contributed by atoms with Crippen LogP contribution < -0.4 is 0 Å². The van der Waals surface area contributed by atoms with Crippen molar-refractivity contribution in [3.8, 4) is 30.3 Å². The Morgan fingerprint density at radius 1 is 0.362 bits per heavy atom. The summed E-state index contributed by atoms with van der Waals surface area (Å²) in [5, 5.41) is 47.1. The predicted molar refractivity (Wildman–Crippen MR) is 131 cm³/mol. The van der Waals surface area contributed by atoms with Crippen LogP contribution in [-0.4, -0.2) is 0 Å². The number of hydrogen-bond donors (Lipinski definition) is 0. The lowest BCUT2D eigenvalue weighted by atomic mass is 9.99. The minimum atomic E-state index is -2.50. The average molecular weight is 661 g/mol. The molecule has 47 heavy (non-hydrogen) atoms. The van der Waals surface area contributed by atoms with Crippen LogP contribution in [0.5, 0.6) is 0 Å². The van der Waals surface area contributed by atoms with Gasteiger partial charge < -0.3 is 0 Å². The molecule has 1 saturated carbocycles. The molecule has 3 aromatic rings. The van der Waals surface area contributed by atoms with E-state index in [4.69, 9.17) is 10.5 Å². The molecule has 0 amide bonds. The fourth-order valence-corrected chi connectivity index (χ4v) is 4.51. The first-order chi connectivity index (χ1) is 22.1. The fourth-order valence-electron chi connectivity index (χ4n) is 4.51. The molecule has 5 nitrogen and oxygen atoms in total. The zero-order valence-electron chi connectivity index (χ0n) is 22.3. The van der Waals surface area contributed by atoms with Crippen LogP contribution in [-0.2, 0) is 0 Å². The van der Waals surface area contributed by atoms with Crippen molar-refractivity contribution >= 4 is 16.7 Å². The number of nitriles is 5. The molecule has 1 aliphatic rings. The van der Waals surface area contributed by atoms with Gasteiger partial charge in [-0.2, -0.15) is 26.3 Å². The van der Waals surface area contributed by atoms with Crippen LogP contribution in [0.4, 0.5) is 52.7 Å². The SMILES string of the molecule is Cc1c(F)c(F)c(C(C#N)=C2C(=C(/C#N)c3c(F)c(F)c(C#N)c(F)c3F)/C2=C(/C#N)c2c(F)c(F)c(C#N)c(F)c2F)c(F)c1F. The first kappa shape index (κ1) is 33.4. The molecular weight excluding hydrogens is 658 g/mol. The van der Waals surface area contributed by atoms with Gasteiger partial charge >= 0.3 is 0 Å². The summed E-state index contributed by atoms with van der Waals surface area (Å²) in [6, 6.07) is 4.56. The summed E-state index contributed by atoms with van der Waals surface area (Å²) in [6.07, 6.45) is 0. The van der Waals surface area contributed by atoms with E-state index in [9.17, 15) is 42.1 Å². The highest BCUT2D eigenvalue weighted by Gasteiger charge is 2.46. The van der Waals surface area contributed by atoms with Gasteiger partial charge in [-0.3, -0.25) is 0 Å². The van der Waals surface area contributed by atoms with Crippen molar-refractivity contribution < 1.29 is 52.7 Å². The molecule has 17 heteroatoms. The van der Waals surface area contributed by atoms with E-state index < -0.39 is 137 Å². The summed E-state index contributed by atoms with van der Waals surface area (Å²) < 4.78 is 177. The highest BCUT2D eigenvalue weighted by atomic mass is 19.2. The van der Waals surface area contributed by atoms with Gasteiger partial charge in [0, 0.05) is 22.3 Å². The second-order valence-corrected chi connectivity index (χ2v) is 9.08. The van der Waals surface area contributed by atoms with Gasteiger partial charge in [-0.05, 0) is 6.92 Å². The molecule has 0 N–H and O–H groups in total. The number of allylic oxidation sites excluding steroid dienone is 6. The third-order valence-electron chi connectivity index (χ3n) is 6.76. The van der Waals surface area contributed by atoms with Crippen LogP contribution in [0.2, 0.25) is 0 Å². The molecule has 1 aliphatic carbocycles. The molecule has 0 spiro atoms. The molecule has 0 aromatic heterocycles. The quantitative estimate of drug-likeness (QED) is 0.162. The molecule has 0 radical (unpaired) electrons. The van der Waals surface area contributed by atoms with Crippen molar-refractivity contribution in [1.82, 2.24) is 0 Å². The van der Waals surface area contributed by atoms with E-state index in [2.05, 4.69) is 0 Å². The Morgan fingerprint density at radius 2 is 0.574 bits per heavy atom. The van der Waals surface area contributed by atoms with Crippen LogP contribution >= 0.6 is 0 Å². The van der Waals surface area contributed by atoms with Gasteiger partial charge in [0.05, 0.1) is 33.4 Å². The summed E-state index contributed by atoms with van der Waals surface area (Å²) >= 11 is 0. The summed E-state index contributed by atoms with van der Waals surface area (Å²) in [7, 11) is 0. The van der Waals surface area contributed by atoms with Crippen LogP contribution in [0.3, 0.4) is 0 Å². The van der Waals surface area contributed by atoms with Crippen LogP contribution in [0.25, 0.3) is 16.7 Å². The molecule has 0 heterocycles. The molecule has 0 saturated heterocycles. The smallest absolute Gasteiger partial charge is 0.180 e. The van der Waals surface area contributed by atoms with E-state index >= 15 is 26.3 Å². The van der Waals surface area contributed by atoms with Crippen molar-refractivity contribution in [3.63, 3.8) is 0 Å². The Hall–Kier alpha value is -6.51. The Kier molecular flexibility index (Phi) is 8.36. The van der Waals surface area contributed by atoms with Crippen molar-refractivity contribution in [2.24, 2.45) is 0 Å². The highest BCUT2D eigenvalue weighted by Crippen LogP contribution is 2.57. The van der Waals surface area contributed by atoms with Crippen LogP contribution in [0.15, 0.2) is 16.7 Å². The summed E-state index contributed by atoms with van der Waals surface area (Å²) in [5.41, 5.74) is -20.2. The second-order valence-electron chi connectivity index (χ2n) is 9.08. The maximum atomic E-state index is 15.0. The van der Waals surface area contributed by atoms with E-state index in [-0.39, 0.29) is 0 Å². The third-order valence-corrected chi connectivity index (χ3v) is 6.76. The Balaban J connectivity index is 2.37. The highest BCUT2D eigenvalue weighted by molar-refractivity contribution is 6.12. The van der Waals surface area contributed by atoms with Gasteiger partial charge in [0.15, 0.2) is 69.8 Å². The molecule has 3 aromatic carbocycles. The van der Waals surface area contributed by atoms with E-state index in [0.29, 0.717) is 6.92 Å². The van der Waals surface area contributed by atoms with Crippen molar-refractivity contribution in [3.05, 3.63) is 120 Å². The first-order valence-corrected chi connectivity index (χ1v) is 11.9. The summed E-state index contributed by atoms with van der Waals surface area (Å²) in [6.45, 7) is 0.550. The van der Waals surface area contributed by atoms with Crippen molar-refractivity contribution in [2.45, 2.75) is 6.92 Å². The fraction of sp³-hybridized carbons (Fsp3) is 0.0333. The van der Waals surface area contributed by atoms with E-state index in [0.717, 1.165) is 30.3 Å². The maximum absolute atomic E-state index is 15.0. The topological polar surface area (TPSA) is 119 Å². The number of nitrogens with zero attached hydrogens (tertiary/aromatic N) is 5. The lowest BCUT2D eigenvalue weighted by Crippen LogP contribution is -2.06. The van der Waals surface area contributed by atoms with Crippen LogP contribution in [0.1, 0.15) is 33.4 Å². The maximum Gasteiger partial charge on any atom is 0.180 e. The van der Waals surface area contributed by atoms with E-state index in [1.165, 1.54) is 0 Å². The summed E-state index contributed by atoms with van der Waals surface area (Å²) in [5.74, 6) is -28.5.